The van der Waals surface area contributed by atoms with Crippen LogP contribution < -0.4 is 21.3 Å². The van der Waals surface area contributed by atoms with Gasteiger partial charge >= 0.3 is 0 Å². The summed E-state index contributed by atoms with van der Waals surface area (Å²) in [5, 5.41) is 0.597. The zero-order valence-electron chi connectivity index (χ0n) is 15.2. The van der Waals surface area contributed by atoms with Gasteiger partial charge in [-0.3, -0.25) is 20.4 Å². The van der Waals surface area contributed by atoms with Crippen molar-refractivity contribution in [3.8, 4) is 5.88 Å². The third kappa shape index (κ3) is 3.65. The van der Waals surface area contributed by atoms with Crippen LogP contribution in [0.4, 0.5) is 5.95 Å². The minimum Gasteiger partial charge on any atom is -0.480 e. The number of hydrogen-bond donors (Lipinski definition) is 3. The van der Waals surface area contributed by atoms with Crippen molar-refractivity contribution in [2.45, 2.75) is 32.1 Å². The second kappa shape index (κ2) is 7.72. The quantitative estimate of drug-likeness (QED) is 0.445. The fourth-order valence-corrected chi connectivity index (χ4v) is 5.27. The Labute approximate surface area is 169 Å². The monoisotopic (exact) mass is 417 g/mol. The molecule has 3 aromatic rings. The van der Waals surface area contributed by atoms with E-state index in [1.165, 1.54) is 35.3 Å². The first kappa shape index (κ1) is 18.6. The summed E-state index contributed by atoms with van der Waals surface area (Å²) < 4.78 is 5.18. The van der Waals surface area contributed by atoms with E-state index in [2.05, 4.69) is 20.8 Å². The number of aromatic nitrogens is 2. The highest BCUT2D eigenvalue weighted by Gasteiger charge is 2.19. The molecule has 3 aromatic heterocycles. The van der Waals surface area contributed by atoms with Gasteiger partial charge in [-0.2, -0.15) is 4.98 Å². The molecule has 0 aromatic carbocycles. The fourth-order valence-electron chi connectivity index (χ4n) is 3.19. The Morgan fingerprint density at radius 1 is 1.04 bits per heavy atom. The molecule has 0 radical (unpaired) electrons. The van der Waals surface area contributed by atoms with Crippen LogP contribution in [0.1, 0.15) is 49.0 Å². The van der Waals surface area contributed by atoms with Gasteiger partial charge in [-0.05, 0) is 43.4 Å². The fraction of sp³-hybridized carbons (Fsp3) is 0.333. The van der Waals surface area contributed by atoms with Crippen LogP contribution >= 0.6 is 22.7 Å². The first-order valence-electron chi connectivity index (χ1n) is 8.88. The van der Waals surface area contributed by atoms with Crippen molar-refractivity contribution in [3.63, 3.8) is 0 Å². The maximum absolute atomic E-state index is 12.4. The Morgan fingerprint density at radius 2 is 1.75 bits per heavy atom. The molecular formula is C18H19N5O3S2. The zero-order valence-corrected chi connectivity index (χ0v) is 16.8. The highest BCUT2D eigenvalue weighted by Crippen LogP contribution is 2.31. The van der Waals surface area contributed by atoms with Crippen LogP contribution in [0.2, 0.25) is 0 Å². The average Bonchev–Trinajstić information content (AvgIpc) is 3.23. The number of carbonyl (C=O) groups excluding carboxylic acids is 2. The Kier molecular flexibility index (Phi) is 5.14. The van der Waals surface area contributed by atoms with E-state index >= 15 is 0 Å². The Balaban J connectivity index is 1.45. The number of nitrogens with zero attached hydrogens (tertiary/aromatic N) is 2. The topological polar surface area (TPSA) is 119 Å². The number of nitrogens with one attached hydrogen (secondary N) is 2. The predicted octanol–water partition coefficient (Wildman–Crippen LogP) is 2.69. The molecule has 1 aliphatic carbocycles. The van der Waals surface area contributed by atoms with Gasteiger partial charge in [0.05, 0.1) is 22.3 Å². The minimum atomic E-state index is -0.435. The lowest BCUT2D eigenvalue weighted by molar-refractivity contribution is 0.0851. The standard InChI is InChI=1S/C18H19N5O3S2/c1-26-16-10-8-13(28-17(10)21-18(19)20-16)15(25)23-22-14(24)12-7-9-5-3-2-4-6-11(9)27-12/h7-8H,2-6H2,1H3,(H,22,24)(H,23,25)(H2,19,20,21). The first-order valence-corrected chi connectivity index (χ1v) is 10.5. The summed E-state index contributed by atoms with van der Waals surface area (Å²) in [4.78, 5) is 35.8. The van der Waals surface area contributed by atoms with Crippen LogP contribution in [-0.2, 0) is 12.8 Å². The molecule has 0 fully saturated rings. The van der Waals surface area contributed by atoms with E-state index in [1.54, 1.807) is 6.07 Å². The maximum atomic E-state index is 12.4. The predicted molar refractivity (Wildman–Crippen MR) is 109 cm³/mol. The van der Waals surface area contributed by atoms with E-state index in [4.69, 9.17) is 10.5 Å². The van der Waals surface area contributed by atoms with Gasteiger partial charge in [0.15, 0.2) is 0 Å². The summed E-state index contributed by atoms with van der Waals surface area (Å²) in [6.07, 6.45) is 5.58. The third-order valence-electron chi connectivity index (χ3n) is 4.55. The van der Waals surface area contributed by atoms with Crippen molar-refractivity contribution in [1.29, 1.82) is 0 Å². The van der Waals surface area contributed by atoms with Crippen LogP contribution in [0, 0.1) is 0 Å². The molecular weight excluding hydrogens is 398 g/mol. The minimum absolute atomic E-state index is 0.0731. The van der Waals surface area contributed by atoms with Crippen LogP contribution in [0.3, 0.4) is 0 Å². The first-order chi connectivity index (χ1) is 13.5. The highest BCUT2D eigenvalue weighted by molar-refractivity contribution is 7.20. The van der Waals surface area contributed by atoms with E-state index in [0.29, 0.717) is 25.9 Å². The van der Waals surface area contributed by atoms with Gasteiger partial charge in [0.2, 0.25) is 11.8 Å². The van der Waals surface area contributed by atoms with Crippen LogP contribution in [-0.4, -0.2) is 28.9 Å². The molecule has 0 saturated heterocycles. The van der Waals surface area contributed by atoms with Gasteiger partial charge in [-0.25, -0.2) is 4.98 Å². The number of hydrogen-bond acceptors (Lipinski definition) is 8. The summed E-state index contributed by atoms with van der Waals surface area (Å²) in [7, 11) is 1.47. The Bertz CT molecular complexity index is 1040. The number of hydrazine groups is 1. The van der Waals surface area contributed by atoms with Crippen LogP contribution in [0.15, 0.2) is 12.1 Å². The molecule has 0 spiro atoms. The van der Waals surface area contributed by atoms with E-state index in [-0.39, 0.29) is 11.9 Å². The number of anilines is 1. The van der Waals surface area contributed by atoms with E-state index in [9.17, 15) is 9.59 Å². The van der Waals surface area contributed by atoms with E-state index < -0.39 is 5.91 Å². The molecule has 28 heavy (non-hydrogen) atoms. The summed E-state index contributed by atoms with van der Waals surface area (Å²) in [6.45, 7) is 0. The number of nitrogen functional groups attached to an aromatic ring is 1. The van der Waals surface area contributed by atoms with Crippen molar-refractivity contribution in [2.75, 3.05) is 12.8 Å². The van der Waals surface area contributed by atoms with E-state index in [1.807, 2.05) is 6.07 Å². The van der Waals surface area contributed by atoms with Crippen LogP contribution in [0.25, 0.3) is 10.2 Å². The SMILES string of the molecule is COc1nc(N)nc2sc(C(=O)NNC(=O)c3cc4c(s3)CCCCC4)cc12. The Morgan fingerprint density at radius 3 is 2.50 bits per heavy atom. The smallest absolute Gasteiger partial charge is 0.279 e. The molecule has 0 atom stereocenters. The number of amides is 2. The van der Waals surface area contributed by atoms with Crippen molar-refractivity contribution >= 4 is 50.7 Å². The molecule has 0 aliphatic heterocycles. The molecule has 1 aliphatic rings. The molecule has 2 amide bonds. The van der Waals surface area contributed by atoms with Crippen LogP contribution in [0.5, 0.6) is 5.88 Å². The maximum Gasteiger partial charge on any atom is 0.279 e. The summed E-state index contributed by atoms with van der Waals surface area (Å²) >= 11 is 2.65. The second-order valence-electron chi connectivity index (χ2n) is 6.45. The molecule has 4 N–H and O–H groups in total. The van der Waals surface area contributed by atoms with Crippen molar-refractivity contribution in [3.05, 3.63) is 32.3 Å². The van der Waals surface area contributed by atoms with Gasteiger partial charge < -0.3 is 10.5 Å². The van der Waals surface area contributed by atoms with Gasteiger partial charge in [0, 0.05) is 4.88 Å². The largest absolute Gasteiger partial charge is 0.480 e. The lowest BCUT2D eigenvalue weighted by Crippen LogP contribution is -2.41. The number of ether oxygens (including phenoxy) is 1. The molecule has 8 nitrogen and oxygen atoms in total. The van der Waals surface area contributed by atoms with Gasteiger partial charge in [-0.15, -0.1) is 22.7 Å². The Hall–Kier alpha value is -2.72. The van der Waals surface area contributed by atoms with Gasteiger partial charge in [-0.1, -0.05) is 6.42 Å². The molecule has 146 valence electrons. The summed E-state index contributed by atoms with van der Waals surface area (Å²) in [6, 6.07) is 3.56. The normalized spacial score (nSPS) is 13.6. The number of aryl methyl sites for hydroxylation is 2. The lowest BCUT2D eigenvalue weighted by atomic mass is 10.1. The number of carbonyl (C=O) groups is 2. The van der Waals surface area contributed by atoms with Crippen molar-refractivity contribution in [2.24, 2.45) is 0 Å². The number of methoxy groups -OCH3 is 1. The number of rotatable bonds is 3. The molecule has 0 saturated carbocycles. The van der Waals surface area contributed by atoms with E-state index in [0.717, 1.165) is 37.0 Å². The van der Waals surface area contributed by atoms with Gasteiger partial charge in [0.25, 0.3) is 11.8 Å². The number of fused-ring (bicyclic) bond motifs is 2. The molecule has 10 heteroatoms. The molecule has 0 bridgehead atoms. The van der Waals surface area contributed by atoms with Gasteiger partial charge in [0.1, 0.15) is 4.83 Å². The summed E-state index contributed by atoms with van der Waals surface area (Å²) in [5.74, 6) is -0.366. The number of nitrogens with two attached hydrogens (primary N) is 1. The molecule has 0 unspecified atom stereocenters. The number of thiophene rings is 2. The second-order valence-corrected chi connectivity index (χ2v) is 8.62. The molecule has 3 heterocycles. The lowest BCUT2D eigenvalue weighted by Gasteiger charge is -2.04. The van der Waals surface area contributed by atoms with Crippen molar-refractivity contribution < 1.29 is 14.3 Å². The molecule has 4 rings (SSSR count). The average molecular weight is 418 g/mol. The summed E-state index contributed by atoms with van der Waals surface area (Å²) in [5.41, 5.74) is 11.9. The van der Waals surface area contributed by atoms with Crippen molar-refractivity contribution in [1.82, 2.24) is 20.8 Å². The zero-order chi connectivity index (χ0) is 19.7. The highest BCUT2D eigenvalue weighted by atomic mass is 32.1. The third-order valence-corrected chi connectivity index (χ3v) is 6.82.